The molecule has 1 aliphatic rings. The number of H-pyrrole nitrogens is 1. The fraction of sp³-hybridized carbons (Fsp3) is 0.333. The Morgan fingerprint density at radius 2 is 2.07 bits per heavy atom. The second-order valence-electron chi connectivity index (χ2n) is 8.10. The molecule has 0 radical (unpaired) electrons. The molecule has 1 atom stereocenters. The molecule has 0 spiro atoms. The number of aryl methyl sites for hydroxylation is 2. The van der Waals surface area contributed by atoms with E-state index in [9.17, 15) is 0 Å². The van der Waals surface area contributed by atoms with Crippen LogP contribution in [-0.2, 0) is 6.54 Å². The Balaban J connectivity index is 1.32. The third-order valence-corrected chi connectivity index (χ3v) is 6.10. The van der Waals surface area contributed by atoms with Crippen molar-refractivity contribution in [2.45, 2.75) is 39.2 Å². The SMILES string of the molecule is Cc1noc(C)c1-c1ccc([C@@H]2CCCN(Cc3c[nH]c4ccccc34)C2)nc1. The summed E-state index contributed by atoms with van der Waals surface area (Å²) in [5.74, 6) is 1.33. The quantitative estimate of drug-likeness (QED) is 0.523. The molecule has 0 aliphatic carbocycles. The maximum absolute atomic E-state index is 5.30. The zero-order valence-corrected chi connectivity index (χ0v) is 17.0. The van der Waals surface area contributed by atoms with Crippen molar-refractivity contribution in [2.75, 3.05) is 13.1 Å². The Morgan fingerprint density at radius 3 is 2.86 bits per heavy atom. The van der Waals surface area contributed by atoms with Crippen LogP contribution < -0.4 is 0 Å². The maximum Gasteiger partial charge on any atom is 0.141 e. The van der Waals surface area contributed by atoms with Crippen molar-refractivity contribution in [3.8, 4) is 11.1 Å². The number of nitrogens with one attached hydrogen (secondary N) is 1. The van der Waals surface area contributed by atoms with E-state index >= 15 is 0 Å². The van der Waals surface area contributed by atoms with Gasteiger partial charge in [-0.15, -0.1) is 0 Å². The second-order valence-corrected chi connectivity index (χ2v) is 8.10. The van der Waals surface area contributed by atoms with Gasteiger partial charge in [-0.1, -0.05) is 29.4 Å². The fourth-order valence-electron chi connectivity index (χ4n) is 4.63. The summed E-state index contributed by atoms with van der Waals surface area (Å²) in [7, 11) is 0. The number of rotatable bonds is 4. The van der Waals surface area contributed by atoms with Crippen molar-refractivity contribution in [1.82, 2.24) is 20.0 Å². The van der Waals surface area contributed by atoms with Gasteiger partial charge in [0.1, 0.15) is 5.76 Å². The summed E-state index contributed by atoms with van der Waals surface area (Å²) in [6.45, 7) is 7.11. The normalized spacial score (nSPS) is 17.8. The number of hydrogen-bond donors (Lipinski definition) is 1. The second kappa shape index (κ2) is 7.48. The fourth-order valence-corrected chi connectivity index (χ4v) is 4.63. The van der Waals surface area contributed by atoms with Crippen LogP contribution in [0.4, 0.5) is 0 Å². The van der Waals surface area contributed by atoms with E-state index < -0.39 is 0 Å². The number of aromatic amines is 1. The molecule has 1 N–H and O–H groups in total. The molecule has 0 saturated carbocycles. The van der Waals surface area contributed by atoms with Crippen molar-refractivity contribution < 1.29 is 4.52 Å². The van der Waals surface area contributed by atoms with Crippen LogP contribution in [0.15, 0.2) is 53.3 Å². The zero-order chi connectivity index (χ0) is 19.8. The van der Waals surface area contributed by atoms with Gasteiger partial charge >= 0.3 is 0 Å². The number of benzene rings is 1. The van der Waals surface area contributed by atoms with Crippen LogP contribution in [0.1, 0.15) is 41.5 Å². The Kier molecular flexibility index (Phi) is 4.68. The minimum Gasteiger partial charge on any atom is -0.361 e. The van der Waals surface area contributed by atoms with E-state index in [0.717, 1.165) is 42.2 Å². The summed E-state index contributed by atoms with van der Waals surface area (Å²) in [6, 6.07) is 12.9. The van der Waals surface area contributed by atoms with E-state index in [-0.39, 0.29) is 0 Å². The van der Waals surface area contributed by atoms with Crippen LogP contribution in [0.2, 0.25) is 0 Å². The van der Waals surface area contributed by atoms with E-state index in [4.69, 9.17) is 9.51 Å². The molecule has 1 fully saturated rings. The van der Waals surface area contributed by atoms with E-state index in [0.29, 0.717) is 5.92 Å². The van der Waals surface area contributed by atoms with Gasteiger partial charge in [0.05, 0.1) is 5.69 Å². The number of piperidine rings is 1. The van der Waals surface area contributed by atoms with Crippen molar-refractivity contribution >= 4 is 10.9 Å². The summed E-state index contributed by atoms with van der Waals surface area (Å²) < 4.78 is 5.30. The van der Waals surface area contributed by atoms with Crippen molar-refractivity contribution in [3.05, 3.63) is 71.5 Å². The molecule has 29 heavy (non-hydrogen) atoms. The third-order valence-electron chi connectivity index (χ3n) is 6.10. The average Bonchev–Trinajstić information content (AvgIpc) is 3.31. The summed E-state index contributed by atoms with van der Waals surface area (Å²) in [5, 5.41) is 5.39. The number of aromatic nitrogens is 3. The molecule has 5 rings (SSSR count). The highest BCUT2D eigenvalue weighted by Crippen LogP contribution is 2.31. The molecule has 3 aromatic heterocycles. The van der Waals surface area contributed by atoms with Gasteiger partial charge in [-0.2, -0.15) is 0 Å². The number of nitrogens with zero attached hydrogens (tertiary/aromatic N) is 3. The summed E-state index contributed by atoms with van der Waals surface area (Å²) >= 11 is 0. The van der Waals surface area contributed by atoms with Crippen LogP contribution in [0.25, 0.3) is 22.0 Å². The summed E-state index contributed by atoms with van der Waals surface area (Å²) in [5.41, 5.74) is 6.84. The number of pyridine rings is 1. The predicted octanol–water partition coefficient (Wildman–Crippen LogP) is 5.21. The van der Waals surface area contributed by atoms with E-state index in [1.165, 1.54) is 35.0 Å². The van der Waals surface area contributed by atoms with Gasteiger partial charge < -0.3 is 9.51 Å². The number of likely N-dealkylation sites (tertiary alicyclic amines) is 1. The Morgan fingerprint density at radius 1 is 1.17 bits per heavy atom. The highest BCUT2D eigenvalue weighted by atomic mass is 16.5. The van der Waals surface area contributed by atoms with Crippen LogP contribution in [-0.4, -0.2) is 33.1 Å². The molecule has 1 aliphatic heterocycles. The smallest absolute Gasteiger partial charge is 0.141 e. The Hall–Kier alpha value is -2.92. The summed E-state index contributed by atoms with van der Waals surface area (Å²) in [4.78, 5) is 10.8. The predicted molar refractivity (Wildman–Crippen MR) is 115 cm³/mol. The van der Waals surface area contributed by atoms with E-state index in [1.807, 2.05) is 20.0 Å². The first kappa shape index (κ1) is 18.1. The average molecular weight is 386 g/mol. The summed E-state index contributed by atoms with van der Waals surface area (Å²) in [6.07, 6.45) is 6.54. The molecule has 0 bridgehead atoms. The van der Waals surface area contributed by atoms with Gasteiger partial charge in [0.15, 0.2) is 0 Å². The minimum absolute atomic E-state index is 0.479. The first-order valence-electron chi connectivity index (χ1n) is 10.4. The Labute approximate surface area is 170 Å². The molecule has 0 amide bonds. The molecule has 0 unspecified atom stereocenters. The lowest BCUT2D eigenvalue weighted by atomic mass is 9.93. The molecule has 5 nitrogen and oxygen atoms in total. The van der Waals surface area contributed by atoms with Gasteiger partial charge in [-0.05, 0) is 50.9 Å². The standard InChI is InChI=1S/C24H26N4O/c1-16-24(17(2)29-27-16)18-9-10-22(25-12-18)19-6-5-11-28(14-19)15-20-13-26-23-8-4-3-7-21(20)23/h3-4,7-10,12-13,19,26H,5-6,11,14-15H2,1-2H3/t19-/m1/s1. The monoisotopic (exact) mass is 386 g/mol. The molecule has 1 aromatic carbocycles. The lowest BCUT2D eigenvalue weighted by Crippen LogP contribution is -2.34. The lowest BCUT2D eigenvalue weighted by Gasteiger charge is -2.32. The van der Waals surface area contributed by atoms with Crippen molar-refractivity contribution in [2.24, 2.45) is 0 Å². The number of fused-ring (bicyclic) bond motifs is 1. The zero-order valence-electron chi connectivity index (χ0n) is 17.0. The van der Waals surface area contributed by atoms with E-state index in [2.05, 4.69) is 57.6 Å². The molecular weight excluding hydrogens is 360 g/mol. The number of para-hydroxylation sites is 1. The van der Waals surface area contributed by atoms with Crippen LogP contribution >= 0.6 is 0 Å². The van der Waals surface area contributed by atoms with Crippen LogP contribution in [0, 0.1) is 13.8 Å². The minimum atomic E-state index is 0.479. The van der Waals surface area contributed by atoms with Gasteiger partial charge in [0, 0.05) is 59.1 Å². The van der Waals surface area contributed by atoms with Crippen molar-refractivity contribution in [3.63, 3.8) is 0 Å². The lowest BCUT2D eigenvalue weighted by molar-refractivity contribution is 0.199. The van der Waals surface area contributed by atoms with Gasteiger partial charge in [0.25, 0.3) is 0 Å². The van der Waals surface area contributed by atoms with Crippen LogP contribution in [0.5, 0.6) is 0 Å². The first-order chi connectivity index (χ1) is 14.2. The highest BCUT2D eigenvalue weighted by Gasteiger charge is 2.23. The highest BCUT2D eigenvalue weighted by molar-refractivity contribution is 5.82. The van der Waals surface area contributed by atoms with Gasteiger partial charge in [-0.3, -0.25) is 9.88 Å². The largest absolute Gasteiger partial charge is 0.361 e. The Bertz CT molecular complexity index is 1110. The first-order valence-corrected chi connectivity index (χ1v) is 10.4. The van der Waals surface area contributed by atoms with Gasteiger partial charge in [-0.25, -0.2) is 0 Å². The third kappa shape index (κ3) is 3.47. The van der Waals surface area contributed by atoms with Crippen molar-refractivity contribution in [1.29, 1.82) is 0 Å². The molecule has 4 aromatic rings. The van der Waals surface area contributed by atoms with E-state index in [1.54, 1.807) is 0 Å². The molecule has 5 heteroatoms. The molecular formula is C24H26N4O. The topological polar surface area (TPSA) is 58.0 Å². The molecule has 148 valence electrons. The maximum atomic E-state index is 5.30. The van der Waals surface area contributed by atoms with Crippen LogP contribution in [0.3, 0.4) is 0 Å². The number of hydrogen-bond acceptors (Lipinski definition) is 4. The molecule has 4 heterocycles. The molecule has 1 saturated heterocycles. The van der Waals surface area contributed by atoms with Gasteiger partial charge in [0.2, 0.25) is 0 Å².